The van der Waals surface area contributed by atoms with Gasteiger partial charge in [0.25, 0.3) is 0 Å². The van der Waals surface area contributed by atoms with Gasteiger partial charge in [-0.25, -0.2) is 4.98 Å². The minimum absolute atomic E-state index is 0.165. The fraction of sp³-hybridized carbons (Fsp3) is 0.429. The van der Waals surface area contributed by atoms with Crippen LogP contribution < -0.4 is 5.73 Å². The van der Waals surface area contributed by atoms with Gasteiger partial charge >= 0.3 is 0 Å². The summed E-state index contributed by atoms with van der Waals surface area (Å²) in [4.78, 5) is 15.0. The number of carbonyl (C=O) groups excluding carboxylic acids is 1. The van der Waals surface area contributed by atoms with E-state index in [1.165, 1.54) is 11.3 Å². The molecule has 0 bridgehead atoms. The second-order valence-corrected chi connectivity index (χ2v) is 2.95. The highest BCUT2D eigenvalue weighted by Crippen LogP contribution is 2.02. The van der Waals surface area contributed by atoms with E-state index in [1.54, 1.807) is 5.51 Å². The van der Waals surface area contributed by atoms with Gasteiger partial charge < -0.3 is 5.73 Å². The van der Waals surface area contributed by atoms with Gasteiger partial charge in [-0.3, -0.25) is 4.79 Å². The molecule has 60 valence electrons. The molecule has 0 spiro atoms. The van der Waals surface area contributed by atoms with Crippen LogP contribution in [0.25, 0.3) is 0 Å². The predicted octanol–water partition coefficient (Wildman–Crippen LogP) is 0.603. The van der Waals surface area contributed by atoms with Gasteiger partial charge in [0.2, 0.25) is 0 Å². The van der Waals surface area contributed by atoms with E-state index in [1.807, 2.05) is 5.38 Å². The van der Waals surface area contributed by atoms with Crippen LogP contribution in [0, 0.1) is 0 Å². The van der Waals surface area contributed by atoms with Crippen LogP contribution in [0.15, 0.2) is 10.9 Å². The maximum absolute atomic E-state index is 11.0. The Bertz CT molecular complexity index is 220. The van der Waals surface area contributed by atoms with Gasteiger partial charge in [-0.1, -0.05) is 0 Å². The van der Waals surface area contributed by atoms with E-state index in [4.69, 9.17) is 5.73 Å². The van der Waals surface area contributed by atoms with Crippen LogP contribution in [0.3, 0.4) is 0 Å². The Morgan fingerprint density at radius 2 is 2.55 bits per heavy atom. The standard InChI is InChI=1S/C7H10N2OS/c8-2-1-7(10)3-6-4-11-5-9-6/h4-5H,1-3,8H2. The predicted molar refractivity (Wildman–Crippen MR) is 44.5 cm³/mol. The van der Waals surface area contributed by atoms with Gasteiger partial charge in [-0.05, 0) is 6.54 Å². The summed E-state index contributed by atoms with van der Waals surface area (Å²) >= 11 is 1.51. The van der Waals surface area contributed by atoms with Gasteiger partial charge in [0.05, 0.1) is 11.2 Å². The summed E-state index contributed by atoms with van der Waals surface area (Å²) in [6.45, 7) is 0.434. The molecule has 0 aromatic carbocycles. The van der Waals surface area contributed by atoms with E-state index in [0.29, 0.717) is 19.4 Å². The summed E-state index contributed by atoms with van der Waals surface area (Å²) in [6, 6.07) is 0. The Labute approximate surface area is 69.3 Å². The number of nitrogens with two attached hydrogens (primary N) is 1. The Hall–Kier alpha value is -0.740. The fourth-order valence-corrected chi connectivity index (χ4v) is 1.33. The van der Waals surface area contributed by atoms with Crippen LogP contribution in [0.4, 0.5) is 0 Å². The number of thiazole rings is 1. The van der Waals surface area contributed by atoms with Crippen LogP contribution in [0.2, 0.25) is 0 Å². The average Bonchev–Trinajstić information content (AvgIpc) is 2.40. The molecule has 0 radical (unpaired) electrons. The fourth-order valence-electron chi connectivity index (χ4n) is 0.776. The third-order valence-electron chi connectivity index (χ3n) is 1.28. The SMILES string of the molecule is NCCC(=O)Cc1cscn1. The van der Waals surface area contributed by atoms with E-state index in [9.17, 15) is 4.79 Å². The smallest absolute Gasteiger partial charge is 0.140 e. The maximum Gasteiger partial charge on any atom is 0.140 e. The number of Topliss-reactive ketones (excluding diaryl/α,β-unsaturated/α-hetero) is 1. The lowest BCUT2D eigenvalue weighted by atomic mass is 10.2. The first-order valence-electron chi connectivity index (χ1n) is 3.41. The van der Waals surface area contributed by atoms with Crippen LogP contribution in [0.1, 0.15) is 12.1 Å². The highest BCUT2D eigenvalue weighted by molar-refractivity contribution is 7.07. The quantitative estimate of drug-likeness (QED) is 0.720. The highest BCUT2D eigenvalue weighted by Gasteiger charge is 2.02. The molecule has 1 aromatic heterocycles. The van der Waals surface area contributed by atoms with Crippen molar-refractivity contribution in [2.24, 2.45) is 5.73 Å². The van der Waals surface area contributed by atoms with Crippen molar-refractivity contribution in [1.29, 1.82) is 0 Å². The molecule has 3 nitrogen and oxygen atoms in total. The van der Waals surface area contributed by atoms with Crippen molar-refractivity contribution in [3.8, 4) is 0 Å². The summed E-state index contributed by atoms with van der Waals surface area (Å²) in [5.41, 5.74) is 7.80. The molecule has 2 N–H and O–H groups in total. The van der Waals surface area contributed by atoms with Gasteiger partial charge in [-0.2, -0.15) is 0 Å². The zero-order chi connectivity index (χ0) is 8.10. The average molecular weight is 170 g/mol. The molecule has 0 aliphatic carbocycles. The van der Waals surface area contributed by atoms with Gasteiger partial charge in [-0.15, -0.1) is 11.3 Å². The zero-order valence-electron chi connectivity index (χ0n) is 6.12. The molecule has 0 unspecified atom stereocenters. The summed E-state index contributed by atoms with van der Waals surface area (Å²) in [5.74, 6) is 0.165. The first-order chi connectivity index (χ1) is 5.33. The second-order valence-electron chi connectivity index (χ2n) is 2.23. The van der Waals surface area contributed by atoms with Crippen LogP contribution in [-0.2, 0) is 11.2 Å². The Morgan fingerprint density at radius 3 is 3.09 bits per heavy atom. The number of nitrogens with zero attached hydrogens (tertiary/aromatic N) is 1. The summed E-state index contributed by atoms with van der Waals surface area (Å²) < 4.78 is 0. The van der Waals surface area contributed by atoms with E-state index < -0.39 is 0 Å². The molecular formula is C7H10N2OS. The van der Waals surface area contributed by atoms with Crippen molar-refractivity contribution in [2.45, 2.75) is 12.8 Å². The van der Waals surface area contributed by atoms with E-state index >= 15 is 0 Å². The van der Waals surface area contributed by atoms with Crippen molar-refractivity contribution in [2.75, 3.05) is 6.54 Å². The second kappa shape index (κ2) is 4.20. The number of hydrogen-bond donors (Lipinski definition) is 1. The minimum atomic E-state index is 0.165. The van der Waals surface area contributed by atoms with Crippen LogP contribution >= 0.6 is 11.3 Å². The molecule has 0 saturated carbocycles. The van der Waals surface area contributed by atoms with Crippen molar-refractivity contribution >= 4 is 17.1 Å². The highest BCUT2D eigenvalue weighted by atomic mass is 32.1. The van der Waals surface area contributed by atoms with Crippen molar-refractivity contribution in [1.82, 2.24) is 4.98 Å². The van der Waals surface area contributed by atoms with Gasteiger partial charge in [0.15, 0.2) is 0 Å². The Kier molecular flexibility index (Phi) is 3.19. The third kappa shape index (κ3) is 2.78. The number of hydrogen-bond acceptors (Lipinski definition) is 4. The monoisotopic (exact) mass is 170 g/mol. The molecule has 1 heterocycles. The zero-order valence-corrected chi connectivity index (χ0v) is 6.93. The van der Waals surface area contributed by atoms with Crippen LogP contribution in [0.5, 0.6) is 0 Å². The Morgan fingerprint density at radius 1 is 1.73 bits per heavy atom. The molecule has 0 fully saturated rings. The third-order valence-corrected chi connectivity index (χ3v) is 1.92. The topological polar surface area (TPSA) is 56.0 Å². The number of ketones is 1. The lowest BCUT2D eigenvalue weighted by molar-refractivity contribution is -0.118. The molecule has 4 heteroatoms. The first-order valence-corrected chi connectivity index (χ1v) is 4.36. The number of carbonyl (C=O) groups is 1. The Balaban J connectivity index is 2.37. The molecule has 0 aliphatic rings. The normalized spacial score (nSPS) is 9.91. The molecule has 11 heavy (non-hydrogen) atoms. The van der Waals surface area contributed by atoms with E-state index in [-0.39, 0.29) is 5.78 Å². The van der Waals surface area contributed by atoms with Crippen LogP contribution in [-0.4, -0.2) is 17.3 Å². The summed E-state index contributed by atoms with van der Waals surface area (Å²) in [5, 5.41) is 1.88. The van der Waals surface area contributed by atoms with E-state index in [0.717, 1.165) is 5.69 Å². The molecule has 1 rings (SSSR count). The van der Waals surface area contributed by atoms with Crippen molar-refractivity contribution in [3.63, 3.8) is 0 Å². The number of aromatic nitrogens is 1. The maximum atomic E-state index is 11.0. The summed E-state index contributed by atoms with van der Waals surface area (Å²) in [7, 11) is 0. The molecule has 0 saturated heterocycles. The van der Waals surface area contributed by atoms with Crippen molar-refractivity contribution in [3.05, 3.63) is 16.6 Å². The molecule has 0 atom stereocenters. The minimum Gasteiger partial charge on any atom is -0.330 e. The van der Waals surface area contributed by atoms with Gasteiger partial charge in [0, 0.05) is 18.2 Å². The molecule has 0 amide bonds. The molecule has 1 aromatic rings. The van der Waals surface area contributed by atoms with Crippen molar-refractivity contribution < 1.29 is 4.79 Å². The lowest BCUT2D eigenvalue weighted by Gasteiger charge is -1.93. The first kappa shape index (κ1) is 8.36. The molecular weight excluding hydrogens is 160 g/mol. The summed E-state index contributed by atoms with van der Waals surface area (Å²) in [6.07, 6.45) is 0.887. The lowest BCUT2D eigenvalue weighted by Crippen LogP contribution is -2.10. The number of rotatable bonds is 4. The largest absolute Gasteiger partial charge is 0.330 e. The molecule has 0 aliphatic heterocycles. The van der Waals surface area contributed by atoms with Gasteiger partial charge in [0.1, 0.15) is 5.78 Å². The van der Waals surface area contributed by atoms with E-state index in [2.05, 4.69) is 4.98 Å².